The van der Waals surface area contributed by atoms with Gasteiger partial charge in [0.2, 0.25) is 5.91 Å². The largest absolute Gasteiger partial charge is 0.391 e. The number of amides is 1. The van der Waals surface area contributed by atoms with Crippen molar-refractivity contribution in [3.63, 3.8) is 0 Å². The highest BCUT2D eigenvalue weighted by Crippen LogP contribution is 2.34. The fourth-order valence-corrected chi connectivity index (χ4v) is 2.21. The van der Waals surface area contributed by atoms with Crippen molar-refractivity contribution in [1.29, 1.82) is 0 Å². The Morgan fingerprint density at radius 3 is 2.87 bits per heavy atom. The number of aliphatic hydroxyl groups excluding tert-OH is 1. The number of nitrogens with zero attached hydrogens (tertiary/aromatic N) is 1. The van der Waals surface area contributed by atoms with Gasteiger partial charge in [-0.25, -0.2) is 5.06 Å². The van der Waals surface area contributed by atoms with E-state index in [2.05, 4.69) is 5.32 Å². The lowest BCUT2D eigenvalue weighted by atomic mass is 9.90. The van der Waals surface area contributed by atoms with Crippen LogP contribution in [-0.2, 0) is 9.63 Å². The number of aliphatic hydroxyl groups is 1. The Morgan fingerprint density at radius 1 is 1.60 bits per heavy atom. The van der Waals surface area contributed by atoms with Gasteiger partial charge in [0.15, 0.2) is 0 Å². The van der Waals surface area contributed by atoms with Crippen molar-refractivity contribution in [2.75, 3.05) is 19.6 Å². The molecule has 2 saturated heterocycles. The average molecular weight is 214 g/mol. The zero-order valence-corrected chi connectivity index (χ0v) is 9.03. The molecule has 0 bridgehead atoms. The van der Waals surface area contributed by atoms with Crippen LogP contribution in [0.5, 0.6) is 0 Å². The number of rotatable bonds is 2. The molecule has 5 heteroatoms. The van der Waals surface area contributed by atoms with Gasteiger partial charge in [-0.2, -0.15) is 0 Å². The first kappa shape index (κ1) is 10.9. The molecule has 0 saturated carbocycles. The van der Waals surface area contributed by atoms with Crippen molar-refractivity contribution in [2.24, 2.45) is 0 Å². The van der Waals surface area contributed by atoms with Crippen molar-refractivity contribution >= 4 is 5.91 Å². The molecule has 1 unspecified atom stereocenters. The second-order valence-electron chi connectivity index (χ2n) is 4.50. The maximum Gasteiger partial charge on any atom is 0.249 e. The van der Waals surface area contributed by atoms with E-state index in [1.165, 1.54) is 5.06 Å². The molecule has 1 atom stereocenters. The monoisotopic (exact) mass is 214 g/mol. The SMILES string of the molecule is CC(O)CN1OC2(CCNCC2)CC1=O. The number of nitrogens with one attached hydrogen (secondary N) is 1. The van der Waals surface area contributed by atoms with Crippen LogP contribution in [0.2, 0.25) is 0 Å². The number of piperidine rings is 1. The Labute approximate surface area is 89.3 Å². The standard InChI is InChI=1S/C10H18N2O3/c1-8(13)7-12-9(14)6-10(15-12)2-4-11-5-3-10/h8,11,13H,2-7H2,1H3. The molecule has 86 valence electrons. The van der Waals surface area contributed by atoms with Crippen molar-refractivity contribution in [3.8, 4) is 0 Å². The van der Waals surface area contributed by atoms with E-state index in [0.29, 0.717) is 6.42 Å². The molecule has 2 fully saturated rings. The van der Waals surface area contributed by atoms with E-state index in [1.807, 2.05) is 0 Å². The quantitative estimate of drug-likeness (QED) is 0.660. The third-order valence-electron chi connectivity index (χ3n) is 3.00. The summed E-state index contributed by atoms with van der Waals surface area (Å²) in [5, 5.41) is 13.8. The Balaban J connectivity index is 1.98. The molecule has 2 N–H and O–H groups in total. The van der Waals surface area contributed by atoms with Crippen LogP contribution in [0.3, 0.4) is 0 Å². The number of carbonyl (C=O) groups excluding carboxylic acids is 1. The first-order chi connectivity index (χ1) is 7.11. The van der Waals surface area contributed by atoms with Crippen LogP contribution >= 0.6 is 0 Å². The third kappa shape index (κ3) is 2.30. The molecule has 2 aliphatic heterocycles. The van der Waals surface area contributed by atoms with E-state index >= 15 is 0 Å². The highest BCUT2D eigenvalue weighted by Gasteiger charge is 2.45. The predicted octanol–water partition coefficient (Wildman–Crippen LogP) is -0.347. The fourth-order valence-electron chi connectivity index (χ4n) is 2.21. The summed E-state index contributed by atoms with van der Waals surface area (Å²) in [7, 11) is 0. The summed E-state index contributed by atoms with van der Waals surface area (Å²) in [6, 6.07) is 0. The first-order valence-electron chi connectivity index (χ1n) is 5.50. The van der Waals surface area contributed by atoms with Gasteiger partial charge in [0.25, 0.3) is 0 Å². The maximum absolute atomic E-state index is 11.7. The molecule has 2 aliphatic rings. The van der Waals surface area contributed by atoms with Gasteiger partial charge in [-0.05, 0) is 32.9 Å². The number of carbonyl (C=O) groups is 1. The Kier molecular flexibility index (Phi) is 2.95. The first-order valence-corrected chi connectivity index (χ1v) is 5.50. The van der Waals surface area contributed by atoms with Gasteiger partial charge in [0.05, 0.1) is 19.1 Å². The van der Waals surface area contributed by atoms with Crippen LogP contribution in [-0.4, -0.2) is 47.4 Å². The maximum atomic E-state index is 11.7. The smallest absolute Gasteiger partial charge is 0.249 e. The summed E-state index contributed by atoms with van der Waals surface area (Å²) in [4.78, 5) is 17.3. The second-order valence-corrected chi connectivity index (χ2v) is 4.50. The van der Waals surface area contributed by atoms with E-state index in [1.54, 1.807) is 6.92 Å². The van der Waals surface area contributed by atoms with Crippen molar-refractivity contribution in [1.82, 2.24) is 10.4 Å². The minimum Gasteiger partial charge on any atom is -0.391 e. The molecule has 1 spiro atoms. The topological polar surface area (TPSA) is 61.8 Å². The molecule has 0 radical (unpaired) electrons. The summed E-state index contributed by atoms with van der Waals surface area (Å²) in [6.45, 7) is 3.73. The molecule has 2 rings (SSSR count). The third-order valence-corrected chi connectivity index (χ3v) is 3.00. The zero-order valence-electron chi connectivity index (χ0n) is 9.03. The number of β-amino-alcohol motifs (C(OH)–C–C–N with tert-alkyl or cyclic N) is 1. The highest BCUT2D eigenvalue weighted by molar-refractivity contribution is 5.78. The molecule has 0 aliphatic carbocycles. The summed E-state index contributed by atoms with van der Waals surface area (Å²) >= 11 is 0. The second kappa shape index (κ2) is 4.08. The number of hydrogen-bond donors (Lipinski definition) is 2. The summed E-state index contributed by atoms with van der Waals surface area (Å²) in [6.07, 6.45) is 1.66. The van der Waals surface area contributed by atoms with Crippen molar-refractivity contribution in [2.45, 2.75) is 37.9 Å². The zero-order chi connectivity index (χ0) is 10.9. The van der Waals surface area contributed by atoms with Crippen LogP contribution in [0.25, 0.3) is 0 Å². The van der Waals surface area contributed by atoms with Crippen LogP contribution in [0.4, 0.5) is 0 Å². The van der Waals surface area contributed by atoms with Gasteiger partial charge in [-0.15, -0.1) is 0 Å². The molecule has 15 heavy (non-hydrogen) atoms. The van der Waals surface area contributed by atoms with E-state index in [4.69, 9.17) is 4.84 Å². The molecular formula is C10H18N2O3. The molecular weight excluding hydrogens is 196 g/mol. The lowest BCUT2D eigenvalue weighted by molar-refractivity contribution is -0.211. The van der Waals surface area contributed by atoms with Gasteiger partial charge >= 0.3 is 0 Å². The fraction of sp³-hybridized carbons (Fsp3) is 0.900. The van der Waals surface area contributed by atoms with Gasteiger partial charge < -0.3 is 10.4 Å². The number of hydrogen-bond acceptors (Lipinski definition) is 4. The van der Waals surface area contributed by atoms with Gasteiger partial charge in [0.1, 0.15) is 5.60 Å². The predicted molar refractivity (Wildman–Crippen MR) is 53.9 cm³/mol. The minimum atomic E-state index is -0.536. The van der Waals surface area contributed by atoms with Crippen LogP contribution in [0, 0.1) is 0 Å². The molecule has 0 aromatic heterocycles. The van der Waals surface area contributed by atoms with Crippen LogP contribution < -0.4 is 5.32 Å². The minimum absolute atomic E-state index is 0.00204. The van der Waals surface area contributed by atoms with Crippen LogP contribution in [0.15, 0.2) is 0 Å². The molecule has 5 nitrogen and oxygen atoms in total. The molecule has 1 amide bonds. The molecule has 0 aromatic rings. The average Bonchev–Trinajstić information content (AvgIpc) is 2.43. The Morgan fingerprint density at radius 2 is 2.27 bits per heavy atom. The Bertz CT molecular complexity index is 249. The lowest BCUT2D eigenvalue weighted by Gasteiger charge is -2.32. The molecule has 0 aromatic carbocycles. The summed E-state index contributed by atoms with van der Waals surface area (Å²) in [5.74, 6) is -0.00204. The van der Waals surface area contributed by atoms with Crippen molar-refractivity contribution < 1.29 is 14.7 Å². The van der Waals surface area contributed by atoms with Crippen molar-refractivity contribution in [3.05, 3.63) is 0 Å². The normalized spacial score (nSPS) is 27.3. The summed E-state index contributed by atoms with van der Waals surface area (Å²) in [5.41, 5.74) is -0.294. The highest BCUT2D eigenvalue weighted by atomic mass is 16.7. The van der Waals surface area contributed by atoms with Gasteiger partial charge in [-0.3, -0.25) is 9.63 Å². The van der Waals surface area contributed by atoms with E-state index in [9.17, 15) is 9.90 Å². The number of hydroxylamine groups is 2. The van der Waals surface area contributed by atoms with Crippen LogP contribution in [0.1, 0.15) is 26.2 Å². The van der Waals surface area contributed by atoms with E-state index in [-0.39, 0.29) is 18.1 Å². The van der Waals surface area contributed by atoms with E-state index < -0.39 is 6.10 Å². The van der Waals surface area contributed by atoms with Gasteiger partial charge in [-0.1, -0.05) is 0 Å². The van der Waals surface area contributed by atoms with E-state index in [0.717, 1.165) is 25.9 Å². The molecule has 2 heterocycles. The summed E-state index contributed by atoms with van der Waals surface area (Å²) < 4.78 is 0. The van der Waals surface area contributed by atoms with Gasteiger partial charge in [0, 0.05) is 0 Å². The Hall–Kier alpha value is -0.650. The lowest BCUT2D eigenvalue weighted by Crippen LogP contribution is -2.43.